The predicted molar refractivity (Wildman–Crippen MR) is 145 cm³/mol. The SMILES string of the molecule is CC[C@]1(C(=O)O)CC[C@@](C)(c2nc(-c3ccc([C@@](C)(O)c4cccc(C(F)(F)F)c4)cc3)c3c(N)nccn23)C1. The minimum Gasteiger partial charge on any atom is -0.481 e. The van der Waals surface area contributed by atoms with Crippen LogP contribution in [0.1, 0.15) is 69.0 Å². The van der Waals surface area contributed by atoms with Gasteiger partial charge in [0.05, 0.1) is 11.0 Å². The summed E-state index contributed by atoms with van der Waals surface area (Å²) in [5, 5.41) is 21.2. The van der Waals surface area contributed by atoms with Crippen molar-refractivity contribution < 1.29 is 28.2 Å². The highest BCUT2D eigenvalue weighted by atomic mass is 19.4. The average molecular weight is 553 g/mol. The normalized spacial score (nSPS) is 22.9. The maximum atomic E-state index is 13.3. The monoisotopic (exact) mass is 552 g/mol. The highest BCUT2D eigenvalue weighted by Crippen LogP contribution is 2.53. The summed E-state index contributed by atoms with van der Waals surface area (Å²) < 4.78 is 41.7. The number of hydrogen-bond acceptors (Lipinski definition) is 5. The summed E-state index contributed by atoms with van der Waals surface area (Å²) >= 11 is 0. The highest BCUT2D eigenvalue weighted by molar-refractivity contribution is 5.85. The number of fused-ring (bicyclic) bond motifs is 1. The van der Waals surface area contributed by atoms with Gasteiger partial charge in [-0.3, -0.25) is 9.20 Å². The summed E-state index contributed by atoms with van der Waals surface area (Å²) in [6, 6.07) is 11.4. The number of anilines is 1. The number of carboxylic acid groups (broad SMARTS) is 1. The van der Waals surface area contributed by atoms with E-state index in [9.17, 15) is 28.2 Å². The second kappa shape index (κ2) is 9.33. The Bertz CT molecular complexity index is 1600. The van der Waals surface area contributed by atoms with Gasteiger partial charge in [-0.25, -0.2) is 9.97 Å². The van der Waals surface area contributed by atoms with Crippen molar-refractivity contribution in [3.63, 3.8) is 0 Å². The van der Waals surface area contributed by atoms with Gasteiger partial charge >= 0.3 is 12.1 Å². The molecule has 0 bridgehead atoms. The standard InChI is InChI=1S/C30H31F3N4O3/c1-4-29(26(38)39)13-12-27(2,17-29)25-36-22(23-24(34)35-14-15-37(23)25)18-8-10-19(11-9-18)28(3,40)20-6-5-7-21(16-20)30(31,32)33/h5-11,14-16,40H,4,12-13,17H2,1-3H3,(H2,34,35)(H,38,39)/t27-,28-,29+/m1/s1. The smallest absolute Gasteiger partial charge is 0.416 e. The number of nitrogens with zero attached hydrogens (tertiary/aromatic N) is 3. The molecule has 1 fully saturated rings. The lowest BCUT2D eigenvalue weighted by Gasteiger charge is -2.27. The van der Waals surface area contributed by atoms with Gasteiger partial charge in [-0.2, -0.15) is 13.2 Å². The van der Waals surface area contributed by atoms with Crippen LogP contribution in [0, 0.1) is 5.41 Å². The van der Waals surface area contributed by atoms with Crippen molar-refractivity contribution in [1.82, 2.24) is 14.4 Å². The van der Waals surface area contributed by atoms with E-state index in [1.165, 1.54) is 19.1 Å². The van der Waals surface area contributed by atoms with Crippen LogP contribution in [0.2, 0.25) is 0 Å². The minimum atomic E-state index is -4.53. The summed E-state index contributed by atoms with van der Waals surface area (Å²) in [6.45, 7) is 5.37. The minimum absolute atomic E-state index is 0.116. The first kappa shape index (κ1) is 27.6. The molecule has 0 unspecified atom stereocenters. The molecule has 2 aromatic heterocycles. The fourth-order valence-electron chi connectivity index (χ4n) is 6.07. The molecule has 3 atom stereocenters. The highest BCUT2D eigenvalue weighted by Gasteiger charge is 2.52. The molecule has 1 aliphatic rings. The van der Waals surface area contributed by atoms with Crippen LogP contribution in [0.25, 0.3) is 16.8 Å². The Labute approximate surface area is 229 Å². The molecule has 0 amide bonds. The van der Waals surface area contributed by atoms with Gasteiger partial charge in [0.1, 0.15) is 28.5 Å². The van der Waals surface area contributed by atoms with E-state index < -0.39 is 34.1 Å². The number of hydrogen-bond donors (Lipinski definition) is 3. The Morgan fingerprint density at radius 1 is 1.10 bits per heavy atom. The number of imidazole rings is 1. The number of rotatable bonds is 6. The molecule has 4 aromatic rings. The van der Waals surface area contributed by atoms with E-state index in [1.54, 1.807) is 36.7 Å². The lowest BCUT2D eigenvalue weighted by atomic mass is 9.78. The van der Waals surface area contributed by atoms with E-state index >= 15 is 0 Å². The number of aliphatic carboxylic acids is 1. The van der Waals surface area contributed by atoms with Crippen molar-refractivity contribution in [3.05, 3.63) is 83.4 Å². The zero-order valence-corrected chi connectivity index (χ0v) is 22.5. The third kappa shape index (κ3) is 4.40. The molecule has 0 saturated heterocycles. The van der Waals surface area contributed by atoms with Crippen LogP contribution in [-0.4, -0.2) is 30.6 Å². The van der Waals surface area contributed by atoms with Crippen LogP contribution < -0.4 is 5.73 Å². The lowest BCUT2D eigenvalue weighted by Crippen LogP contribution is -2.31. The van der Waals surface area contributed by atoms with Crippen LogP contribution in [0.5, 0.6) is 0 Å². The number of carboxylic acids is 1. The number of halogens is 3. The van der Waals surface area contributed by atoms with Crippen molar-refractivity contribution in [1.29, 1.82) is 0 Å². The Morgan fingerprint density at radius 2 is 1.77 bits per heavy atom. The van der Waals surface area contributed by atoms with Crippen molar-refractivity contribution in [2.24, 2.45) is 5.41 Å². The molecule has 210 valence electrons. The topological polar surface area (TPSA) is 114 Å². The van der Waals surface area contributed by atoms with E-state index in [1.807, 2.05) is 18.2 Å². The van der Waals surface area contributed by atoms with Gasteiger partial charge in [0.15, 0.2) is 0 Å². The predicted octanol–water partition coefficient (Wildman–Crippen LogP) is 6.18. The first-order valence-corrected chi connectivity index (χ1v) is 13.1. The van der Waals surface area contributed by atoms with E-state index in [0.29, 0.717) is 53.8 Å². The zero-order valence-electron chi connectivity index (χ0n) is 22.5. The van der Waals surface area contributed by atoms with E-state index in [2.05, 4.69) is 4.98 Å². The fraction of sp³-hybridized carbons (Fsp3) is 0.367. The Kier molecular flexibility index (Phi) is 6.45. The molecule has 7 nitrogen and oxygen atoms in total. The molecule has 40 heavy (non-hydrogen) atoms. The third-order valence-electron chi connectivity index (χ3n) is 8.61. The molecular weight excluding hydrogens is 521 g/mol. The molecule has 0 spiro atoms. The van der Waals surface area contributed by atoms with Crippen molar-refractivity contribution in [2.45, 2.75) is 63.6 Å². The van der Waals surface area contributed by atoms with Gasteiger partial charge in [-0.1, -0.05) is 50.2 Å². The van der Waals surface area contributed by atoms with Gasteiger partial charge in [0.25, 0.3) is 0 Å². The number of nitrogen functional groups attached to an aromatic ring is 1. The molecule has 4 N–H and O–H groups in total. The number of aromatic nitrogens is 3. The number of aliphatic hydroxyl groups is 1. The van der Waals surface area contributed by atoms with Crippen LogP contribution in [0.15, 0.2) is 60.9 Å². The second-order valence-corrected chi connectivity index (χ2v) is 11.2. The molecule has 10 heteroatoms. The molecule has 1 aliphatic carbocycles. The summed E-state index contributed by atoms with van der Waals surface area (Å²) in [7, 11) is 0. The summed E-state index contributed by atoms with van der Waals surface area (Å²) in [5.41, 5.74) is 4.78. The zero-order chi connectivity index (χ0) is 29.1. The number of benzene rings is 2. The molecular formula is C30H31F3N4O3. The molecule has 0 radical (unpaired) electrons. The summed E-state index contributed by atoms with van der Waals surface area (Å²) in [4.78, 5) is 21.4. The van der Waals surface area contributed by atoms with Gasteiger partial charge < -0.3 is 15.9 Å². The third-order valence-corrected chi connectivity index (χ3v) is 8.61. The van der Waals surface area contributed by atoms with Crippen LogP contribution in [0.4, 0.5) is 19.0 Å². The molecule has 2 heterocycles. The Morgan fingerprint density at radius 3 is 2.38 bits per heavy atom. The van der Waals surface area contributed by atoms with Crippen LogP contribution in [0.3, 0.4) is 0 Å². The van der Waals surface area contributed by atoms with E-state index in [0.717, 1.165) is 12.1 Å². The van der Waals surface area contributed by atoms with Crippen molar-refractivity contribution in [3.8, 4) is 11.3 Å². The van der Waals surface area contributed by atoms with Gasteiger partial charge in [-0.05, 0) is 55.9 Å². The van der Waals surface area contributed by atoms with Crippen molar-refractivity contribution >= 4 is 17.3 Å². The average Bonchev–Trinajstić information content (AvgIpc) is 3.49. The van der Waals surface area contributed by atoms with Gasteiger partial charge in [0, 0.05) is 23.4 Å². The Hall–Kier alpha value is -3.92. The van der Waals surface area contributed by atoms with Crippen LogP contribution in [-0.2, 0) is 22.0 Å². The first-order valence-electron chi connectivity index (χ1n) is 13.1. The van der Waals surface area contributed by atoms with Crippen molar-refractivity contribution in [2.75, 3.05) is 5.73 Å². The van der Waals surface area contributed by atoms with Crippen LogP contribution >= 0.6 is 0 Å². The van der Waals surface area contributed by atoms with E-state index in [4.69, 9.17) is 10.7 Å². The number of alkyl halides is 3. The quantitative estimate of drug-likeness (QED) is 0.263. The molecule has 2 aromatic carbocycles. The Balaban J connectivity index is 1.56. The number of carbonyl (C=O) groups is 1. The number of nitrogens with two attached hydrogens (primary N) is 1. The van der Waals surface area contributed by atoms with E-state index in [-0.39, 0.29) is 11.4 Å². The van der Waals surface area contributed by atoms with Gasteiger partial charge in [-0.15, -0.1) is 0 Å². The maximum Gasteiger partial charge on any atom is 0.416 e. The molecule has 0 aliphatic heterocycles. The largest absolute Gasteiger partial charge is 0.481 e. The lowest BCUT2D eigenvalue weighted by molar-refractivity contribution is -0.149. The second-order valence-electron chi connectivity index (χ2n) is 11.2. The molecule has 5 rings (SSSR count). The van der Waals surface area contributed by atoms with Gasteiger partial charge in [0.2, 0.25) is 0 Å². The first-order chi connectivity index (χ1) is 18.7. The summed E-state index contributed by atoms with van der Waals surface area (Å²) in [6.07, 6.45) is 0.959. The summed E-state index contributed by atoms with van der Waals surface area (Å²) in [5.74, 6) is 0.158. The maximum absolute atomic E-state index is 13.3. The molecule has 1 saturated carbocycles. The fourth-order valence-corrected chi connectivity index (χ4v) is 6.07.